The van der Waals surface area contributed by atoms with Crippen LogP contribution in [0.5, 0.6) is 11.5 Å². The van der Waals surface area contributed by atoms with Crippen molar-refractivity contribution in [3.8, 4) is 11.5 Å². The summed E-state index contributed by atoms with van der Waals surface area (Å²) in [6, 6.07) is 14.3. The maximum Gasteiger partial charge on any atom is 0.524 e. The molecular weight excluding hydrogens is 491 g/mol. The normalized spacial score (nSPS) is 32.1. The largest absolute Gasteiger partial charge is 0.524 e. The topological polar surface area (TPSA) is 94.5 Å². The third kappa shape index (κ3) is 3.76. The van der Waals surface area contributed by atoms with E-state index >= 15 is 0 Å². The van der Waals surface area contributed by atoms with Gasteiger partial charge in [-0.3, -0.25) is 9.79 Å². The van der Waals surface area contributed by atoms with E-state index in [2.05, 4.69) is 0 Å². The zero-order chi connectivity index (χ0) is 24.3. The molecule has 0 radical (unpaired) electrons. The van der Waals surface area contributed by atoms with E-state index in [1.54, 1.807) is 17.7 Å². The number of hydrogen-bond acceptors (Lipinski definition) is 5. The fourth-order valence-corrected chi connectivity index (χ4v) is 7.36. The Labute approximate surface area is 209 Å². The molecule has 35 heavy (non-hydrogen) atoms. The van der Waals surface area contributed by atoms with Gasteiger partial charge in [0, 0.05) is 17.4 Å². The number of phosphoric acid groups is 1. The molecule has 0 aromatic heterocycles. The summed E-state index contributed by atoms with van der Waals surface area (Å²) in [5.41, 5.74) is 2.85. The van der Waals surface area contributed by atoms with Crippen molar-refractivity contribution >= 4 is 19.4 Å². The molecule has 6 rings (SSSR count). The lowest BCUT2D eigenvalue weighted by molar-refractivity contribution is -0.628. The highest BCUT2D eigenvalue weighted by molar-refractivity contribution is 7.46. The van der Waals surface area contributed by atoms with Gasteiger partial charge in [0.1, 0.15) is 5.75 Å². The number of fused-ring (bicyclic) bond motifs is 1. The SMILES string of the molecule is O=P(O)(O)Oc1cc(C2(Oc3ccccc3)OOC23C2CCCC3C3=C(CCCC3)C2)ccc1Cl. The van der Waals surface area contributed by atoms with Crippen molar-refractivity contribution in [1.29, 1.82) is 0 Å². The molecule has 186 valence electrons. The summed E-state index contributed by atoms with van der Waals surface area (Å²) in [5.74, 6) is -0.499. The second kappa shape index (κ2) is 8.62. The first-order valence-corrected chi connectivity index (χ1v) is 14.1. The van der Waals surface area contributed by atoms with Crippen LogP contribution in [-0.2, 0) is 20.1 Å². The summed E-state index contributed by atoms with van der Waals surface area (Å²) in [5, 5.41) is 0.0855. The van der Waals surface area contributed by atoms with Crippen molar-refractivity contribution in [1.82, 2.24) is 0 Å². The van der Waals surface area contributed by atoms with Gasteiger partial charge in [0.15, 0.2) is 11.4 Å². The number of halogens is 1. The highest BCUT2D eigenvalue weighted by atomic mass is 35.5. The van der Waals surface area contributed by atoms with Crippen molar-refractivity contribution in [2.24, 2.45) is 11.8 Å². The van der Waals surface area contributed by atoms with Gasteiger partial charge in [-0.05, 0) is 69.2 Å². The Balaban J connectivity index is 1.52. The Morgan fingerprint density at radius 3 is 2.54 bits per heavy atom. The van der Waals surface area contributed by atoms with Crippen molar-refractivity contribution in [3.63, 3.8) is 0 Å². The van der Waals surface area contributed by atoms with Crippen LogP contribution in [0.1, 0.15) is 56.9 Å². The molecule has 4 unspecified atom stereocenters. The van der Waals surface area contributed by atoms with Crippen LogP contribution in [-0.4, -0.2) is 15.4 Å². The molecule has 1 heterocycles. The number of benzene rings is 2. The molecule has 9 heteroatoms. The Bertz CT molecular complexity index is 1210. The molecule has 2 bridgehead atoms. The maximum absolute atomic E-state index is 11.6. The minimum absolute atomic E-state index is 0.0855. The van der Waals surface area contributed by atoms with Crippen LogP contribution in [0.2, 0.25) is 5.02 Å². The molecule has 2 aromatic carbocycles. The number of phosphoric ester groups is 1. The highest BCUT2D eigenvalue weighted by Crippen LogP contribution is 2.67. The van der Waals surface area contributed by atoms with E-state index in [1.807, 2.05) is 30.3 Å². The van der Waals surface area contributed by atoms with Crippen LogP contribution < -0.4 is 9.26 Å². The lowest BCUT2D eigenvalue weighted by Crippen LogP contribution is -2.76. The summed E-state index contributed by atoms with van der Waals surface area (Å²) < 4.78 is 23.2. The number of ether oxygens (including phenoxy) is 1. The number of hydrogen-bond donors (Lipinski definition) is 2. The first-order chi connectivity index (χ1) is 16.8. The smallest absolute Gasteiger partial charge is 0.452 e. The molecule has 1 saturated carbocycles. The average molecular weight is 519 g/mol. The molecule has 2 aromatic rings. The Morgan fingerprint density at radius 1 is 1.00 bits per heavy atom. The van der Waals surface area contributed by atoms with E-state index < -0.39 is 19.2 Å². The summed E-state index contributed by atoms with van der Waals surface area (Å²) >= 11 is 6.25. The molecular formula is C26H28ClO7P. The minimum Gasteiger partial charge on any atom is -0.452 e. The predicted molar refractivity (Wildman–Crippen MR) is 129 cm³/mol. The molecule has 4 aliphatic rings. The molecule has 7 nitrogen and oxygen atoms in total. The van der Waals surface area contributed by atoms with Crippen molar-refractivity contribution in [2.45, 2.75) is 62.8 Å². The Morgan fingerprint density at radius 2 is 1.80 bits per heavy atom. The monoisotopic (exact) mass is 518 g/mol. The van der Waals surface area contributed by atoms with Crippen LogP contribution in [0, 0.1) is 11.8 Å². The molecule has 1 aliphatic heterocycles. The van der Waals surface area contributed by atoms with Gasteiger partial charge in [0.05, 0.1) is 5.02 Å². The fraction of sp³-hybridized carbons (Fsp3) is 0.462. The van der Waals surface area contributed by atoms with E-state index in [0.717, 1.165) is 38.5 Å². The summed E-state index contributed by atoms with van der Waals surface area (Å²) in [4.78, 5) is 31.1. The molecule has 1 saturated heterocycles. The standard InChI is InChI=1S/C26H28ClO7P/c27-23-14-13-19(16-24(23)32-35(28,29)30)26(31-20-9-2-1-3-10-20)25(33-34-26)18-8-6-12-22(25)21-11-5-4-7-17(21)15-18/h1-3,9-10,13-14,16,18,22H,4-8,11-12,15H2,(H2,28,29,30). The van der Waals surface area contributed by atoms with Gasteiger partial charge in [0.25, 0.3) is 5.79 Å². The molecule has 4 atom stereocenters. The van der Waals surface area contributed by atoms with Gasteiger partial charge in [-0.2, -0.15) is 4.89 Å². The zero-order valence-electron chi connectivity index (χ0n) is 19.2. The van der Waals surface area contributed by atoms with E-state index in [0.29, 0.717) is 11.3 Å². The van der Waals surface area contributed by atoms with Crippen LogP contribution in [0.3, 0.4) is 0 Å². The van der Waals surface area contributed by atoms with E-state index in [9.17, 15) is 14.4 Å². The van der Waals surface area contributed by atoms with Crippen LogP contribution >= 0.6 is 19.4 Å². The van der Waals surface area contributed by atoms with Crippen LogP contribution in [0.15, 0.2) is 59.7 Å². The highest BCUT2D eigenvalue weighted by Gasteiger charge is 2.76. The van der Waals surface area contributed by atoms with Crippen molar-refractivity contribution in [2.75, 3.05) is 0 Å². The number of allylic oxidation sites excluding steroid dienone is 1. The minimum atomic E-state index is -4.83. The lowest BCUT2D eigenvalue weighted by atomic mass is 9.53. The molecule has 3 aliphatic carbocycles. The molecule has 0 amide bonds. The quantitative estimate of drug-likeness (QED) is 0.267. The van der Waals surface area contributed by atoms with Gasteiger partial charge in [-0.15, -0.1) is 0 Å². The first-order valence-electron chi connectivity index (χ1n) is 12.2. The maximum atomic E-state index is 11.6. The van der Waals surface area contributed by atoms with E-state index in [4.69, 9.17) is 30.6 Å². The number of rotatable bonds is 5. The average Bonchev–Trinajstić information content (AvgIpc) is 2.82. The Kier molecular flexibility index (Phi) is 5.79. The first kappa shape index (κ1) is 23.5. The second-order valence-electron chi connectivity index (χ2n) is 9.94. The van der Waals surface area contributed by atoms with Gasteiger partial charge in [-0.1, -0.05) is 53.4 Å². The van der Waals surface area contributed by atoms with E-state index in [-0.39, 0.29) is 22.6 Å². The number of para-hydroxylation sites is 1. The van der Waals surface area contributed by atoms with Gasteiger partial charge in [-0.25, -0.2) is 9.45 Å². The second-order valence-corrected chi connectivity index (χ2v) is 11.5. The summed E-state index contributed by atoms with van der Waals surface area (Å²) in [7, 11) is -4.83. The fourth-order valence-electron chi connectivity index (χ4n) is 6.74. The third-order valence-electron chi connectivity index (χ3n) is 8.06. The third-order valence-corrected chi connectivity index (χ3v) is 8.80. The zero-order valence-corrected chi connectivity index (χ0v) is 20.8. The van der Waals surface area contributed by atoms with Gasteiger partial charge >= 0.3 is 7.82 Å². The lowest BCUT2D eigenvalue weighted by Gasteiger charge is -2.65. The predicted octanol–water partition coefficient (Wildman–Crippen LogP) is 6.43. The molecule has 1 spiro atoms. The van der Waals surface area contributed by atoms with Gasteiger partial charge in [0.2, 0.25) is 0 Å². The molecule has 2 N–H and O–H groups in total. The Hall–Kier alpha value is -1.86. The van der Waals surface area contributed by atoms with Crippen LogP contribution in [0.25, 0.3) is 0 Å². The van der Waals surface area contributed by atoms with Crippen molar-refractivity contribution < 1.29 is 33.4 Å². The summed E-state index contributed by atoms with van der Waals surface area (Å²) in [6.45, 7) is 0. The van der Waals surface area contributed by atoms with Gasteiger partial charge < -0.3 is 9.26 Å². The van der Waals surface area contributed by atoms with E-state index in [1.165, 1.54) is 24.5 Å². The van der Waals surface area contributed by atoms with Crippen LogP contribution in [0.4, 0.5) is 0 Å². The molecule has 2 fully saturated rings. The summed E-state index contributed by atoms with van der Waals surface area (Å²) in [6.07, 6.45) is 8.66. The van der Waals surface area contributed by atoms with Crippen molar-refractivity contribution in [3.05, 3.63) is 70.3 Å².